The summed E-state index contributed by atoms with van der Waals surface area (Å²) in [5.74, 6) is 1.08. The average molecular weight is 513 g/mol. The second-order valence-corrected chi connectivity index (χ2v) is 13.8. The van der Waals surface area contributed by atoms with Gasteiger partial charge in [-0.1, -0.05) is 27.7 Å². The number of hydrogen-bond donors (Lipinski definition) is 6. The van der Waals surface area contributed by atoms with E-state index in [1.807, 2.05) is 0 Å². The Morgan fingerprint density at radius 3 is 2.14 bits per heavy atom. The van der Waals surface area contributed by atoms with E-state index in [-0.39, 0.29) is 34.9 Å². The maximum Gasteiger partial charge on any atom is 0.186 e. The number of aliphatic hydroxyl groups is 6. The van der Waals surface area contributed by atoms with Crippen LogP contribution in [0.2, 0.25) is 0 Å². The van der Waals surface area contributed by atoms with Crippen LogP contribution in [0.15, 0.2) is 0 Å². The molecule has 14 atom stereocenters. The fraction of sp³-hybridized carbons (Fsp3) is 1.00. The molecule has 8 heteroatoms. The number of fused-ring (bicyclic) bond motifs is 5. The lowest BCUT2D eigenvalue weighted by molar-refractivity contribution is -0.316. The maximum absolute atomic E-state index is 11.3. The van der Waals surface area contributed by atoms with E-state index in [2.05, 4.69) is 27.7 Å². The summed E-state index contributed by atoms with van der Waals surface area (Å²) >= 11 is 0. The van der Waals surface area contributed by atoms with Gasteiger partial charge in [0.25, 0.3) is 0 Å². The molecular weight excluding hydrogens is 464 g/mol. The van der Waals surface area contributed by atoms with Crippen LogP contribution in [0.25, 0.3) is 0 Å². The Labute approximate surface area is 215 Å². The number of rotatable bonds is 4. The van der Waals surface area contributed by atoms with Gasteiger partial charge in [0.1, 0.15) is 24.4 Å². The monoisotopic (exact) mass is 512 g/mol. The van der Waals surface area contributed by atoms with Crippen LogP contribution in [0.4, 0.5) is 0 Å². The smallest absolute Gasteiger partial charge is 0.186 e. The largest absolute Gasteiger partial charge is 0.394 e. The second-order valence-electron chi connectivity index (χ2n) is 13.8. The summed E-state index contributed by atoms with van der Waals surface area (Å²) in [5.41, 5.74) is -0.288. The van der Waals surface area contributed by atoms with E-state index in [0.717, 1.165) is 44.9 Å². The van der Waals surface area contributed by atoms with Gasteiger partial charge in [0.05, 0.1) is 25.4 Å². The third-order valence-electron chi connectivity index (χ3n) is 12.5. The van der Waals surface area contributed by atoms with E-state index >= 15 is 0 Å². The SMILES string of the molecule is CC1(COC2OC(CO)C(O)C(O)C2O)C(O)CCC2(C)C1CCC1(C)C2CCC2C(O)CCC21C. The summed E-state index contributed by atoms with van der Waals surface area (Å²) < 4.78 is 11.7. The van der Waals surface area contributed by atoms with Gasteiger partial charge in [-0.15, -0.1) is 0 Å². The van der Waals surface area contributed by atoms with Crippen molar-refractivity contribution in [2.75, 3.05) is 13.2 Å². The highest BCUT2D eigenvalue weighted by molar-refractivity contribution is 5.17. The number of aliphatic hydroxyl groups excluding tert-OH is 6. The summed E-state index contributed by atoms with van der Waals surface area (Å²) in [4.78, 5) is 0. The predicted octanol–water partition coefficient (Wildman–Crippen LogP) is 1.57. The minimum atomic E-state index is -1.48. The summed E-state index contributed by atoms with van der Waals surface area (Å²) in [5, 5.41) is 62.4. The molecule has 0 amide bonds. The van der Waals surface area contributed by atoms with Crippen LogP contribution in [0.5, 0.6) is 0 Å². The van der Waals surface area contributed by atoms with Crippen molar-refractivity contribution in [2.24, 2.45) is 39.4 Å². The van der Waals surface area contributed by atoms with Crippen molar-refractivity contribution < 1.29 is 40.1 Å². The molecule has 36 heavy (non-hydrogen) atoms. The first-order valence-corrected chi connectivity index (χ1v) is 14.1. The van der Waals surface area contributed by atoms with Gasteiger partial charge in [0.15, 0.2) is 6.29 Å². The third-order valence-corrected chi connectivity index (χ3v) is 12.5. The molecule has 14 unspecified atom stereocenters. The van der Waals surface area contributed by atoms with Crippen LogP contribution in [0.1, 0.15) is 79.1 Å². The minimum absolute atomic E-state index is 0.0151. The molecule has 0 aromatic carbocycles. The van der Waals surface area contributed by atoms with Crippen molar-refractivity contribution in [1.82, 2.24) is 0 Å². The van der Waals surface area contributed by atoms with Gasteiger partial charge in [-0.3, -0.25) is 0 Å². The molecule has 1 aliphatic heterocycles. The lowest BCUT2D eigenvalue weighted by atomic mass is 9.35. The Bertz CT molecular complexity index is 823. The van der Waals surface area contributed by atoms with Gasteiger partial charge in [-0.05, 0) is 85.4 Å². The van der Waals surface area contributed by atoms with Gasteiger partial charge in [0.2, 0.25) is 0 Å². The molecule has 1 saturated heterocycles. The molecule has 208 valence electrons. The quantitative estimate of drug-likeness (QED) is 0.334. The Balaban J connectivity index is 1.39. The van der Waals surface area contributed by atoms with Crippen molar-refractivity contribution in [2.45, 2.75) is 122 Å². The molecule has 0 aromatic rings. The summed E-state index contributed by atoms with van der Waals surface area (Å²) in [7, 11) is 0. The van der Waals surface area contributed by atoms with E-state index in [1.165, 1.54) is 0 Å². The molecule has 5 aliphatic rings. The molecule has 0 spiro atoms. The molecule has 6 N–H and O–H groups in total. The molecular formula is C28H48O8. The molecule has 5 fully saturated rings. The van der Waals surface area contributed by atoms with Gasteiger partial charge in [-0.2, -0.15) is 0 Å². The summed E-state index contributed by atoms with van der Waals surface area (Å²) in [6.07, 6.45) is 0.459. The molecule has 0 radical (unpaired) electrons. The van der Waals surface area contributed by atoms with Gasteiger partial charge in [0, 0.05) is 5.41 Å². The zero-order valence-corrected chi connectivity index (χ0v) is 22.3. The molecule has 0 aromatic heterocycles. The van der Waals surface area contributed by atoms with E-state index < -0.39 is 48.8 Å². The zero-order chi connectivity index (χ0) is 26.3. The Hall–Kier alpha value is -0.320. The normalized spacial score (nSPS) is 59.2. The standard InChI is InChI=1S/C28H48O8/c1-25-10-9-20(31)26(2,14-35-24-23(34)22(33)21(32)17(13-29)36-24)18(25)8-12-28(4)19(25)6-5-15-16(30)7-11-27(15,28)3/h15-24,29-34H,5-14H2,1-4H3. The minimum Gasteiger partial charge on any atom is -0.394 e. The zero-order valence-electron chi connectivity index (χ0n) is 22.3. The fourth-order valence-corrected chi connectivity index (χ4v) is 10.2. The van der Waals surface area contributed by atoms with Gasteiger partial charge >= 0.3 is 0 Å². The molecule has 8 nitrogen and oxygen atoms in total. The molecule has 4 saturated carbocycles. The van der Waals surface area contributed by atoms with E-state index in [4.69, 9.17) is 9.47 Å². The highest BCUT2D eigenvalue weighted by atomic mass is 16.7. The molecule has 5 rings (SSSR count). The first-order chi connectivity index (χ1) is 16.8. The van der Waals surface area contributed by atoms with Crippen molar-refractivity contribution in [3.05, 3.63) is 0 Å². The van der Waals surface area contributed by atoms with Crippen molar-refractivity contribution in [3.8, 4) is 0 Å². The van der Waals surface area contributed by atoms with Crippen molar-refractivity contribution in [3.63, 3.8) is 0 Å². The first kappa shape index (κ1) is 27.3. The van der Waals surface area contributed by atoms with E-state index in [9.17, 15) is 30.6 Å². The average Bonchev–Trinajstić information content (AvgIpc) is 3.15. The van der Waals surface area contributed by atoms with Crippen molar-refractivity contribution >= 4 is 0 Å². The van der Waals surface area contributed by atoms with Gasteiger partial charge < -0.3 is 40.1 Å². The fourth-order valence-electron chi connectivity index (χ4n) is 10.2. The van der Waals surface area contributed by atoms with Crippen LogP contribution in [0, 0.1) is 39.4 Å². The van der Waals surface area contributed by atoms with Gasteiger partial charge in [-0.25, -0.2) is 0 Å². The summed E-state index contributed by atoms with van der Waals surface area (Å²) in [6.45, 7) is 9.03. The summed E-state index contributed by atoms with van der Waals surface area (Å²) in [6, 6.07) is 0. The third kappa shape index (κ3) is 3.62. The van der Waals surface area contributed by atoms with Crippen LogP contribution >= 0.6 is 0 Å². The molecule has 1 heterocycles. The van der Waals surface area contributed by atoms with Crippen LogP contribution in [-0.4, -0.2) is 86.8 Å². The highest BCUT2D eigenvalue weighted by Crippen LogP contribution is 2.74. The lowest BCUT2D eigenvalue weighted by Crippen LogP contribution is -2.65. The molecule has 4 aliphatic carbocycles. The Morgan fingerprint density at radius 2 is 1.44 bits per heavy atom. The second kappa shape index (κ2) is 9.12. The lowest BCUT2D eigenvalue weighted by Gasteiger charge is -2.70. The molecule has 0 bridgehead atoms. The first-order valence-electron chi connectivity index (χ1n) is 14.1. The number of hydrogen-bond acceptors (Lipinski definition) is 8. The Morgan fingerprint density at radius 1 is 0.750 bits per heavy atom. The van der Waals surface area contributed by atoms with E-state index in [1.54, 1.807) is 0 Å². The Kier molecular flexibility index (Phi) is 6.90. The predicted molar refractivity (Wildman–Crippen MR) is 132 cm³/mol. The van der Waals surface area contributed by atoms with E-state index in [0.29, 0.717) is 18.3 Å². The number of ether oxygens (including phenoxy) is 2. The topological polar surface area (TPSA) is 140 Å². The van der Waals surface area contributed by atoms with Crippen molar-refractivity contribution in [1.29, 1.82) is 0 Å². The van der Waals surface area contributed by atoms with Crippen LogP contribution in [0.3, 0.4) is 0 Å². The van der Waals surface area contributed by atoms with Crippen LogP contribution < -0.4 is 0 Å². The van der Waals surface area contributed by atoms with Crippen LogP contribution in [-0.2, 0) is 9.47 Å². The maximum atomic E-state index is 11.3. The highest BCUT2D eigenvalue weighted by Gasteiger charge is 2.69.